The largest absolute Gasteiger partial charge is 0.506 e. The van der Waals surface area contributed by atoms with Gasteiger partial charge in [0, 0.05) is 17.7 Å². The Morgan fingerprint density at radius 3 is 2.94 bits per heavy atom. The Kier molecular flexibility index (Phi) is 3.47. The van der Waals surface area contributed by atoms with Gasteiger partial charge in [0.05, 0.1) is 5.69 Å². The van der Waals surface area contributed by atoms with Gasteiger partial charge in [0.1, 0.15) is 5.75 Å². The first-order valence-electron chi connectivity index (χ1n) is 5.96. The van der Waals surface area contributed by atoms with E-state index in [2.05, 4.69) is 5.32 Å². The highest BCUT2D eigenvalue weighted by Crippen LogP contribution is 2.26. The first-order chi connectivity index (χ1) is 8.18. The normalized spacial score (nSPS) is 22.8. The van der Waals surface area contributed by atoms with Crippen molar-refractivity contribution in [1.29, 1.82) is 0 Å². The monoisotopic (exact) mass is 231 g/mol. The molecular formula is C14H17NO2. The number of rotatable bonds is 2. The minimum atomic E-state index is 0.126. The van der Waals surface area contributed by atoms with E-state index in [1.165, 1.54) is 0 Å². The van der Waals surface area contributed by atoms with Gasteiger partial charge in [-0.3, -0.25) is 4.79 Å². The van der Waals surface area contributed by atoms with Crippen molar-refractivity contribution in [2.45, 2.75) is 26.2 Å². The van der Waals surface area contributed by atoms with Crippen LogP contribution in [0.2, 0.25) is 0 Å². The maximum atomic E-state index is 11.9. The SMILES string of the molecule is CC1CCC/C(=C/Nc2ccccc2O)C1=O. The van der Waals surface area contributed by atoms with Crippen molar-refractivity contribution in [2.75, 3.05) is 5.32 Å². The number of aromatic hydroxyl groups is 1. The summed E-state index contributed by atoms with van der Waals surface area (Å²) in [7, 11) is 0. The lowest BCUT2D eigenvalue weighted by Crippen LogP contribution is -2.19. The number of phenols is 1. The minimum absolute atomic E-state index is 0.126. The summed E-state index contributed by atoms with van der Waals surface area (Å²) in [5.74, 6) is 0.543. The molecule has 0 aliphatic heterocycles. The molecule has 0 amide bonds. The fourth-order valence-electron chi connectivity index (χ4n) is 2.07. The molecule has 3 nitrogen and oxygen atoms in total. The molecule has 1 aromatic carbocycles. The van der Waals surface area contributed by atoms with Gasteiger partial charge in [-0.1, -0.05) is 19.1 Å². The van der Waals surface area contributed by atoms with Crippen molar-refractivity contribution in [3.8, 4) is 5.75 Å². The van der Waals surface area contributed by atoms with E-state index >= 15 is 0 Å². The predicted octanol–water partition coefficient (Wildman–Crippen LogP) is 3.08. The maximum Gasteiger partial charge on any atom is 0.163 e. The van der Waals surface area contributed by atoms with Crippen LogP contribution in [0.25, 0.3) is 0 Å². The molecule has 0 radical (unpaired) electrons. The Labute approximate surface area is 101 Å². The first kappa shape index (κ1) is 11.7. The Balaban J connectivity index is 2.10. The number of carbonyl (C=O) groups excluding carboxylic acids is 1. The van der Waals surface area contributed by atoms with Gasteiger partial charge in [0.25, 0.3) is 0 Å². The summed E-state index contributed by atoms with van der Waals surface area (Å²) < 4.78 is 0. The fourth-order valence-corrected chi connectivity index (χ4v) is 2.07. The van der Waals surface area contributed by atoms with Crippen LogP contribution in [0, 0.1) is 5.92 Å². The lowest BCUT2D eigenvalue weighted by atomic mass is 9.86. The van der Waals surface area contributed by atoms with Gasteiger partial charge in [0.2, 0.25) is 0 Å². The molecule has 3 heteroatoms. The van der Waals surface area contributed by atoms with E-state index in [9.17, 15) is 9.90 Å². The highest BCUT2D eigenvalue weighted by Gasteiger charge is 2.22. The van der Waals surface area contributed by atoms with Gasteiger partial charge >= 0.3 is 0 Å². The van der Waals surface area contributed by atoms with Gasteiger partial charge in [-0.25, -0.2) is 0 Å². The van der Waals surface area contributed by atoms with Crippen molar-refractivity contribution in [1.82, 2.24) is 0 Å². The summed E-state index contributed by atoms with van der Waals surface area (Å²) in [6.45, 7) is 1.97. The molecule has 90 valence electrons. The van der Waals surface area contributed by atoms with Crippen LogP contribution in [-0.2, 0) is 4.79 Å². The van der Waals surface area contributed by atoms with E-state index < -0.39 is 0 Å². The van der Waals surface area contributed by atoms with Gasteiger partial charge in [0.15, 0.2) is 5.78 Å². The van der Waals surface area contributed by atoms with E-state index in [1.54, 1.807) is 24.4 Å². The zero-order valence-electron chi connectivity index (χ0n) is 9.94. The molecule has 0 aromatic heterocycles. The van der Waals surface area contributed by atoms with Crippen LogP contribution >= 0.6 is 0 Å². The molecular weight excluding hydrogens is 214 g/mol. The number of anilines is 1. The molecule has 1 aromatic rings. The fraction of sp³-hybridized carbons (Fsp3) is 0.357. The second-order valence-corrected chi connectivity index (χ2v) is 4.49. The summed E-state index contributed by atoms with van der Waals surface area (Å²) in [5, 5.41) is 12.6. The third-order valence-electron chi connectivity index (χ3n) is 3.15. The number of carbonyl (C=O) groups is 1. The quantitative estimate of drug-likeness (QED) is 0.607. The van der Waals surface area contributed by atoms with Gasteiger partial charge in [-0.15, -0.1) is 0 Å². The van der Waals surface area contributed by atoms with Crippen molar-refractivity contribution in [3.63, 3.8) is 0 Å². The predicted molar refractivity (Wildman–Crippen MR) is 67.8 cm³/mol. The number of ketones is 1. The van der Waals surface area contributed by atoms with Crippen LogP contribution in [-0.4, -0.2) is 10.9 Å². The second kappa shape index (κ2) is 5.04. The molecule has 0 bridgehead atoms. The van der Waals surface area contributed by atoms with Gasteiger partial charge < -0.3 is 10.4 Å². The van der Waals surface area contributed by atoms with E-state index in [0.29, 0.717) is 5.69 Å². The lowest BCUT2D eigenvalue weighted by Gasteiger charge is -2.19. The smallest absolute Gasteiger partial charge is 0.163 e. The zero-order valence-corrected chi connectivity index (χ0v) is 9.94. The number of hydrogen-bond donors (Lipinski definition) is 2. The summed E-state index contributed by atoms with van der Waals surface area (Å²) in [6.07, 6.45) is 4.59. The van der Waals surface area contributed by atoms with Crippen LogP contribution in [0.15, 0.2) is 36.0 Å². The van der Waals surface area contributed by atoms with E-state index in [4.69, 9.17) is 0 Å². The average molecular weight is 231 g/mol. The Bertz CT molecular complexity index is 451. The van der Waals surface area contributed by atoms with E-state index in [-0.39, 0.29) is 17.5 Å². The van der Waals surface area contributed by atoms with Crippen molar-refractivity contribution in [3.05, 3.63) is 36.0 Å². The topological polar surface area (TPSA) is 49.3 Å². The molecule has 0 heterocycles. The van der Waals surface area contributed by atoms with Crippen LogP contribution in [0.3, 0.4) is 0 Å². The second-order valence-electron chi connectivity index (χ2n) is 4.49. The van der Waals surface area contributed by atoms with Crippen LogP contribution in [0.5, 0.6) is 5.75 Å². The highest BCUT2D eigenvalue weighted by atomic mass is 16.3. The molecule has 2 N–H and O–H groups in total. The van der Waals surface area contributed by atoms with Crippen molar-refractivity contribution >= 4 is 11.5 Å². The molecule has 0 saturated heterocycles. The van der Waals surface area contributed by atoms with E-state index in [0.717, 1.165) is 24.8 Å². The molecule has 1 saturated carbocycles. The molecule has 1 fully saturated rings. The average Bonchev–Trinajstić information content (AvgIpc) is 2.33. The highest BCUT2D eigenvalue weighted by molar-refractivity contribution is 5.97. The zero-order chi connectivity index (χ0) is 12.3. The molecule has 0 spiro atoms. The van der Waals surface area contributed by atoms with Crippen LogP contribution < -0.4 is 5.32 Å². The number of phenolic OH excluding ortho intramolecular Hbond substituents is 1. The van der Waals surface area contributed by atoms with Crippen LogP contribution in [0.4, 0.5) is 5.69 Å². The summed E-state index contributed by atoms with van der Waals surface area (Å²) >= 11 is 0. The molecule has 1 unspecified atom stereocenters. The molecule has 2 rings (SSSR count). The summed E-state index contributed by atoms with van der Waals surface area (Å²) in [4.78, 5) is 11.9. The number of nitrogens with one attached hydrogen (secondary N) is 1. The van der Waals surface area contributed by atoms with E-state index in [1.807, 2.05) is 13.0 Å². The lowest BCUT2D eigenvalue weighted by molar-refractivity contribution is -0.119. The Hall–Kier alpha value is -1.77. The van der Waals surface area contributed by atoms with Gasteiger partial charge in [-0.2, -0.15) is 0 Å². The maximum absolute atomic E-state index is 11.9. The number of allylic oxidation sites excluding steroid dienone is 1. The first-order valence-corrected chi connectivity index (χ1v) is 5.96. The van der Waals surface area contributed by atoms with Crippen molar-refractivity contribution < 1.29 is 9.90 Å². The summed E-state index contributed by atoms with van der Waals surface area (Å²) in [5.41, 5.74) is 1.46. The Morgan fingerprint density at radius 1 is 1.41 bits per heavy atom. The van der Waals surface area contributed by atoms with Crippen molar-refractivity contribution in [2.24, 2.45) is 5.92 Å². The minimum Gasteiger partial charge on any atom is -0.506 e. The summed E-state index contributed by atoms with van der Waals surface area (Å²) in [6, 6.07) is 7.00. The third-order valence-corrected chi connectivity index (χ3v) is 3.15. The molecule has 1 atom stereocenters. The number of para-hydroxylation sites is 2. The molecule has 1 aliphatic rings. The molecule has 1 aliphatic carbocycles. The third kappa shape index (κ3) is 2.67. The Morgan fingerprint density at radius 2 is 2.18 bits per heavy atom. The van der Waals surface area contributed by atoms with Crippen LogP contribution in [0.1, 0.15) is 26.2 Å². The molecule has 17 heavy (non-hydrogen) atoms. The standard InChI is InChI=1S/C14H17NO2/c1-10-5-4-6-11(14(10)17)9-15-12-7-2-3-8-13(12)16/h2-3,7-10,15-16H,4-6H2,1H3/b11-9-. The number of benzene rings is 1. The number of hydrogen-bond acceptors (Lipinski definition) is 3. The number of Topliss-reactive ketones (excluding diaryl/α,β-unsaturated/α-hetero) is 1. The van der Waals surface area contributed by atoms with Gasteiger partial charge in [-0.05, 0) is 31.4 Å².